The fraction of sp³-hybridized carbons (Fsp3) is 0.448. The average molecular weight is 629 g/mol. The van der Waals surface area contributed by atoms with Gasteiger partial charge in [0.1, 0.15) is 17.3 Å². The third-order valence-electron chi connectivity index (χ3n) is 6.30. The third kappa shape index (κ3) is 7.68. The predicted molar refractivity (Wildman–Crippen MR) is 144 cm³/mol. The van der Waals surface area contributed by atoms with Gasteiger partial charge in [0.05, 0.1) is 12.3 Å². The van der Waals surface area contributed by atoms with E-state index in [0.717, 1.165) is 0 Å². The highest BCUT2D eigenvalue weighted by molar-refractivity contribution is 5.89. The molecular formula is C29H30F6N4O5. The lowest BCUT2D eigenvalue weighted by molar-refractivity contribution is -0.299. The van der Waals surface area contributed by atoms with Crippen molar-refractivity contribution in [2.24, 2.45) is 0 Å². The van der Waals surface area contributed by atoms with Crippen LogP contribution in [0.4, 0.5) is 36.8 Å². The highest BCUT2D eigenvalue weighted by Crippen LogP contribution is 2.47. The van der Waals surface area contributed by atoms with Gasteiger partial charge in [0.2, 0.25) is 11.5 Å². The fourth-order valence-corrected chi connectivity index (χ4v) is 4.24. The SMILES string of the molecule is C[C@H]1C/C=C\CCC(OCc2ccccc2)(C(F)(F)F)c2nnc(o2)-c2nc(c(C(F)(F)F)cc2NC(=O)OC(C)(C)C)O1. The second-order valence-corrected chi connectivity index (χ2v) is 11.0. The molecule has 1 aromatic carbocycles. The smallest absolute Gasteiger partial charge is 0.426 e. The molecule has 4 rings (SSSR count). The highest BCUT2D eigenvalue weighted by Gasteiger charge is 2.61. The first kappa shape index (κ1) is 32.8. The van der Waals surface area contributed by atoms with Crippen LogP contribution in [0, 0.1) is 0 Å². The number of aromatic nitrogens is 3. The zero-order valence-electron chi connectivity index (χ0n) is 24.2. The number of carbonyl (C=O) groups excluding carboxylic acids is 1. The Morgan fingerprint density at radius 3 is 2.41 bits per heavy atom. The summed E-state index contributed by atoms with van der Waals surface area (Å²) < 4.78 is 109. The van der Waals surface area contributed by atoms with E-state index < -0.39 is 83.4 Å². The molecule has 0 saturated carbocycles. The Morgan fingerprint density at radius 2 is 1.77 bits per heavy atom. The average Bonchev–Trinajstić information content (AvgIpc) is 3.39. The maximum absolute atomic E-state index is 14.9. The number of carbonyl (C=O) groups is 1. The Balaban J connectivity index is 1.90. The lowest BCUT2D eigenvalue weighted by atomic mass is 9.95. The topological polar surface area (TPSA) is 109 Å². The molecule has 0 radical (unpaired) electrons. The van der Waals surface area contributed by atoms with Gasteiger partial charge in [-0.05, 0) is 52.2 Å². The van der Waals surface area contributed by atoms with E-state index in [9.17, 15) is 31.1 Å². The van der Waals surface area contributed by atoms with Crippen molar-refractivity contribution >= 4 is 11.8 Å². The standard InChI is InChI=1S/C29H30F6N4O5/c1-17-11-7-6-10-14-27(29(33,34)35,41-16-18-12-8-5-9-13-18)24-39-38-23(43-24)21-20(36-25(40)44-26(2,3)4)15-19(28(30,31)32)22(37-21)42-17/h5-9,12-13,15,17H,10-11,14,16H2,1-4H3,(H,36,40)/b7-6-/t17-,27?/m0/s1. The molecule has 3 aromatic rings. The Kier molecular flexibility index (Phi) is 9.28. The third-order valence-corrected chi connectivity index (χ3v) is 6.30. The second kappa shape index (κ2) is 12.5. The zero-order chi connectivity index (χ0) is 32.3. The number of hydrogen-bond acceptors (Lipinski definition) is 8. The van der Waals surface area contributed by atoms with E-state index in [-0.39, 0.29) is 12.8 Å². The van der Waals surface area contributed by atoms with Gasteiger partial charge in [-0.3, -0.25) is 5.32 Å². The van der Waals surface area contributed by atoms with E-state index in [1.807, 2.05) is 0 Å². The van der Waals surface area contributed by atoms with Crippen molar-refractivity contribution in [3.63, 3.8) is 0 Å². The van der Waals surface area contributed by atoms with Gasteiger partial charge in [-0.15, -0.1) is 10.2 Å². The quantitative estimate of drug-likeness (QED) is 0.229. The molecule has 4 bridgehead atoms. The molecule has 0 fully saturated rings. The number of ether oxygens (including phenoxy) is 3. The first-order valence-corrected chi connectivity index (χ1v) is 13.5. The van der Waals surface area contributed by atoms with Gasteiger partial charge in [-0.1, -0.05) is 42.5 Å². The summed E-state index contributed by atoms with van der Waals surface area (Å²) in [4.78, 5) is 16.5. The van der Waals surface area contributed by atoms with E-state index in [1.54, 1.807) is 30.3 Å². The van der Waals surface area contributed by atoms with Gasteiger partial charge in [-0.25, -0.2) is 9.78 Å². The van der Waals surface area contributed by atoms with Crippen molar-refractivity contribution in [3.05, 3.63) is 65.6 Å². The molecular weight excluding hydrogens is 598 g/mol. The van der Waals surface area contributed by atoms with Gasteiger partial charge in [-0.2, -0.15) is 26.3 Å². The van der Waals surface area contributed by atoms with E-state index >= 15 is 0 Å². The Morgan fingerprint density at radius 1 is 1.07 bits per heavy atom. The normalized spacial score (nSPS) is 20.3. The molecule has 0 spiro atoms. The van der Waals surface area contributed by atoms with Crippen molar-refractivity contribution in [3.8, 4) is 17.5 Å². The number of nitrogens with one attached hydrogen (secondary N) is 1. The number of nitrogens with zero attached hydrogens (tertiary/aromatic N) is 3. The molecule has 1 aliphatic rings. The maximum atomic E-state index is 14.9. The molecule has 2 aromatic heterocycles. The van der Waals surface area contributed by atoms with E-state index in [0.29, 0.717) is 11.6 Å². The summed E-state index contributed by atoms with van der Waals surface area (Å²) in [5.74, 6) is -2.62. The predicted octanol–water partition coefficient (Wildman–Crippen LogP) is 7.98. The Bertz CT molecular complexity index is 1480. The molecule has 1 amide bonds. The van der Waals surface area contributed by atoms with Crippen LogP contribution in [0.5, 0.6) is 5.88 Å². The molecule has 1 unspecified atom stereocenters. The number of alkyl halides is 6. The monoisotopic (exact) mass is 628 g/mol. The number of amides is 1. The summed E-state index contributed by atoms with van der Waals surface area (Å²) in [5, 5.41) is 9.48. The van der Waals surface area contributed by atoms with Gasteiger partial charge in [0.15, 0.2) is 5.69 Å². The molecule has 9 nitrogen and oxygen atoms in total. The lowest BCUT2D eigenvalue weighted by Gasteiger charge is -2.32. The van der Waals surface area contributed by atoms with E-state index in [2.05, 4.69) is 20.5 Å². The summed E-state index contributed by atoms with van der Waals surface area (Å²) in [7, 11) is 0. The summed E-state index contributed by atoms with van der Waals surface area (Å²) in [6, 6.07) is 8.64. The van der Waals surface area contributed by atoms with Crippen LogP contribution >= 0.6 is 0 Å². The van der Waals surface area contributed by atoms with E-state index in [1.165, 1.54) is 39.8 Å². The minimum Gasteiger partial charge on any atom is -0.474 e. The molecule has 1 N–H and O–H groups in total. The van der Waals surface area contributed by atoms with Crippen LogP contribution in [0.1, 0.15) is 64.0 Å². The molecule has 1 aliphatic heterocycles. The molecule has 15 heteroatoms. The minimum absolute atomic E-state index is 0.0501. The Hall–Kier alpha value is -4.14. The van der Waals surface area contributed by atoms with Gasteiger partial charge in [0.25, 0.3) is 11.8 Å². The van der Waals surface area contributed by atoms with Gasteiger partial charge < -0.3 is 18.6 Å². The van der Waals surface area contributed by atoms with Crippen molar-refractivity contribution in [2.75, 3.05) is 5.32 Å². The second-order valence-electron chi connectivity index (χ2n) is 11.0. The van der Waals surface area contributed by atoms with Crippen LogP contribution in [-0.2, 0) is 27.9 Å². The van der Waals surface area contributed by atoms with Crippen LogP contribution in [-0.4, -0.2) is 39.2 Å². The molecule has 0 aliphatic carbocycles. The number of pyridine rings is 1. The highest BCUT2D eigenvalue weighted by atomic mass is 19.4. The van der Waals surface area contributed by atoms with Crippen molar-refractivity contribution in [1.82, 2.24) is 15.2 Å². The fourth-order valence-electron chi connectivity index (χ4n) is 4.24. The van der Waals surface area contributed by atoms with Crippen LogP contribution in [0.15, 0.2) is 53.0 Å². The zero-order valence-corrected chi connectivity index (χ0v) is 24.2. The largest absolute Gasteiger partial charge is 0.474 e. The summed E-state index contributed by atoms with van der Waals surface area (Å²) in [5.41, 5.74) is -6.24. The summed E-state index contributed by atoms with van der Waals surface area (Å²) in [6.45, 7) is 5.58. The first-order valence-electron chi connectivity index (χ1n) is 13.5. The van der Waals surface area contributed by atoms with Crippen LogP contribution in [0.3, 0.4) is 0 Å². The molecule has 238 valence electrons. The number of anilines is 1. The molecule has 3 heterocycles. The number of halogens is 6. The maximum Gasteiger partial charge on any atom is 0.426 e. The van der Waals surface area contributed by atoms with Crippen molar-refractivity contribution < 1.29 is 49.8 Å². The lowest BCUT2D eigenvalue weighted by Crippen LogP contribution is -2.45. The van der Waals surface area contributed by atoms with Crippen LogP contribution in [0.2, 0.25) is 0 Å². The van der Waals surface area contributed by atoms with Crippen molar-refractivity contribution in [1.29, 1.82) is 0 Å². The van der Waals surface area contributed by atoms with Crippen LogP contribution in [0.25, 0.3) is 11.6 Å². The number of allylic oxidation sites excluding steroid dienone is 1. The minimum atomic E-state index is -5.07. The molecule has 44 heavy (non-hydrogen) atoms. The summed E-state index contributed by atoms with van der Waals surface area (Å²) >= 11 is 0. The number of rotatable bonds is 4. The number of fused-ring (bicyclic) bond motifs is 5. The Labute approximate surface area is 248 Å². The summed E-state index contributed by atoms with van der Waals surface area (Å²) in [6.07, 6.45) is -9.95. The molecule has 0 saturated heterocycles. The van der Waals surface area contributed by atoms with Crippen LogP contribution < -0.4 is 10.1 Å². The van der Waals surface area contributed by atoms with Gasteiger partial charge in [0, 0.05) is 6.42 Å². The number of hydrogen-bond donors (Lipinski definition) is 1. The first-order chi connectivity index (χ1) is 20.5. The number of benzene rings is 1. The van der Waals surface area contributed by atoms with Gasteiger partial charge >= 0.3 is 18.4 Å². The van der Waals surface area contributed by atoms with Crippen molar-refractivity contribution in [2.45, 2.75) is 83.2 Å². The van der Waals surface area contributed by atoms with E-state index in [4.69, 9.17) is 18.6 Å². The molecule has 2 atom stereocenters.